The number of benzene rings is 3. The first-order valence-electron chi connectivity index (χ1n) is 11.3. The Balaban J connectivity index is 1.14. The van der Waals surface area contributed by atoms with Crippen molar-refractivity contribution in [2.45, 2.75) is 6.92 Å². The number of carbonyl (C=O) groups excluding carboxylic acids is 1. The van der Waals surface area contributed by atoms with Gasteiger partial charge in [0.25, 0.3) is 5.91 Å². The Labute approximate surface area is 197 Å². The van der Waals surface area contributed by atoms with Crippen LogP contribution in [0.5, 0.6) is 5.75 Å². The summed E-state index contributed by atoms with van der Waals surface area (Å²) in [6, 6.07) is 18.3. The molecule has 4 aromatic rings. The van der Waals surface area contributed by atoms with E-state index >= 15 is 0 Å². The molecule has 0 radical (unpaired) electrons. The standard InChI is InChI=1S/C26H28N4O2S/c1-18-7-8-22-24(15-18)33-26(28-22)30-13-11-29(12-14-30)10-9-27-25(31)21-16-19-5-3-4-6-20(19)17-23(21)32-2/h3-8,15-17H,9-14H2,1-2H3,(H,27,31). The molecule has 2 heterocycles. The number of fused-ring (bicyclic) bond motifs is 2. The smallest absolute Gasteiger partial charge is 0.255 e. The zero-order valence-corrected chi connectivity index (χ0v) is 19.8. The Hall–Kier alpha value is -3.16. The molecule has 1 aliphatic rings. The van der Waals surface area contributed by atoms with Crippen LogP contribution in [0.25, 0.3) is 21.0 Å². The highest BCUT2D eigenvalue weighted by Gasteiger charge is 2.20. The minimum atomic E-state index is -0.0963. The Morgan fingerprint density at radius 1 is 1.06 bits per heavy atom. The summed E-state index contributed by atoms with van der Waals surface area (Å²) >= 11 is 1.77. The summed E-state index contributed by atoms with van der Waals surface area (Å²) in [7, 11) is 1.60. The molecule has 6 nitrogen and oxygen atoms in total. The average Bonchev–Trinajstić information content (AvgIpc) is 3.26. The number of aryl methyl sites for hydroxylation is 1. The van der Waals surface area contributed by atoms with Gasteiger partial charge in [-0.05, 0) is 47.5 Å². The Bertz CT molecular complexity index is 1290. The molecule has 33 heavy (non-hydrogen) atoms. The predicted octanol–water partition coefficient (Wildman–Crippen LogP) is 4.32. The Kier molecular flexibility index (Phi) is 6.15. The number of aromatic nitrogens is 1. The lowest BCUT2D eigenvalue weighted by Gasteiger charge is -2.34. The molecule has 1 saturated heterocycles. The summed E-state index contributed by atoms with van der Waals surface area (Å²) in [6.45, 7) is 7.38. The van der Waals surface area contributed by atoms with Crippen molar-refractivity contribution in [2.24, 2.45) is 0 Å². The zero-order chi connectivity index (χ0) is 22.8. The molecule has 5 rings (SSSR count). The van der Waals surface area contributed by atoms with Crippen molar-refractivity contribution in [2.75, 3.05) is 51.3 Å². The van der Waals surface area contributed by atoms with Crippen LogP contribution in [0.1, 0.15) is 15.9 Å². The van der Waals surface area contributed by atoms with Crippen molar-refractivity contribution in [3.05, 3.63) is 65.7 Å². The maximum atomic E-state index is 12.8. The molecule has 0 saturated carbocycles. The van der Waals surface area contributed by atoms with Gasteiger partial charge in [0.2, 0.25) is 0 Å². The molecule has 1 aromatic heterocycles. The van der Waals surface area contributed by atoms with Crippen LogP contribution in [0.4, 0.5) is 5.13 Å². The summed E-state index contributed by atoms with van der Waals surface area (Å²) in [6.07, 6.45) is 0. The van der Waals surface area contributed by atoms with Gasteiger partial charge in [-0.25, -0.2) is 4.98 Å². The van der Waals surface area contributed by atoms with E-state index in [-0.39, 0.29) is 5.91 Å². The van der Waals surface area contributed by atoms with Gasteiger partial charge in [0.1, 0.15) is 5.75 Å². The number of anilines is 1. The van der Waals surface area contributed by atoms with Crippen LogP contribution < -0.4 is 15.0 Å². The maximum absolute atomic E-state index is 12.8. The minimum absolute atomic E-state index is 0.0963. The third-order valence-electron chi connectivity index (χ3n) is 6.20. The first kappa shape index (κ1) is 21.7. The number of thiazole rings is 1. The van der Waals surface area contributed by atoms with Crippen LogP contribution in [0.15, 0.2) is 54.6 Å². The second-order valence-electron chi connectivity index (χ2n) is 8.45. The molecule has 0 spiro atoms. The van der Waals surface area contributed by atoms with Gasteiger partial charge in [-0.15, -0.1) is 0 Å². The van der Waals surface area contributed by atoms with Crippen molar-refractivity contribution in [3.63, 3.8) is 0 Å². The van der Waals surface area contributed by atoms with Gasteiger partial charge in [0.15, 0.2) is 5.13 Å². The van der Waals surface area contributed by atoms with Gasteiger partial charge in [-0.1, -0.05) is 41.7 Å². The van der Waals surface area contributed by atoms with Gasteiger partial charge in [0.05, 0.1) is 22.9 Å². The fourth-order valence-electron chi connectivity index (χ4n) is 4.31. The van der Waals surface area contributed by atoms with E-state index in [1.807, 2.05) is 36.4 Å². The Morgan fingerprint density at radius 2 is 1.82 bits per heavy atom. The van der Waals surface area contributed by atoms with Crippen molar-refractivity contribution in [1.29, 1.82) is 0 Å². The molecule has 1 aliphatic heterocycles. The summed E-state index contributed by atoms with van der Waals surface area (Å²) < 4.78 is 6.72. The van der Waals surface area contributed by atoms with Crippen LogP contribution in [-0.4, -0.2) is 62.2 Å². The molecule has 0 bridgehead atoms. The van der Waals surface area contributed by atoms with Gasteiger partial charge in [-0.3, -0.25) is 9.69 Å². The number of rotatable bonds is 6. The van der Waals surface area contributed by atoms with E-state index in [1.54, 1.807) is 18.4 Å². The molecule has 1 fully saturated rings. The fraction of sp³-hybridized carbons (Fsp3) is 0.308. The van der Waals surface area contributed by atoms with E-state index in [2.05, 4.69) is 40.2 Å². The van der Waals surface area contributed by atoms with Gasteiger partial charge < -0.3 is 15.0 Å². The third kappa shape index (κ3) is 4.65. The van der Waals surface area contributed by atoms with Crippen LogP contribution in [0.3, 0.4) is 0 Å². The van der Waals surface area contributed by atoms with E-state index in [1.165, 1.54) is 10.3 Å². The van der Waals surface area contributed by atoms with E-state index in [0.29, 0.717) is 17.9 Å². The topological polar surface area (TPSA) is 57.7 Å². The van der Waals surface area contributed by atoms with Crippen molar-refractivity contribution < 1.29 is 9.53 Å². The molecule has 1 amide bonds. The lowest BCUT2D eigenvalue weighted by atomic mass is 10.1. The largest absolute Gasteiger partial charge is 0.496 e. The molecular formula is C26H28N4O2S. The van der Waals surface area contributed by atoms with E-state index < -0.39 is 0 Å². The molecule has 3 aromatic carbocycles. The van der Waals surface area contributed by atoms with Gasteiger partial charge in [0, 0.05) is 39.3 Å². The monoisotopic (exact) mass is 460 g/mol. The Morgan fingerprint density at radius 3 is 2.58 bits per heavy atom. The fourth-order valence-corrected chi connectivity index (χ4v) is 5.42. The second kappa shape index (κ2) is 9.37. The van der Waals surface area contributed by atoms with E-state index in [0.717, 1.165) is 54.1 Å². The van der Waals surface area contributed by atoms with Gasteiger partial charge >= 0.3 is 0 Å². The first-order valence-corrected chi connectivity index (χ1v) is 12.1. The zero-order valence-electron chi connectivity index (χ0n) is 19.0. The average molecular weight is 461 g/mol. The number of piperazine rings is 1. The van der Waals surface area contributed by atoms with Crippen LogP contribution in [0, 0.1) is 6.92 Å². The molecule has 7 heteroatoms. The summed E-state index contributed by atoms with van der Waals surface area (Å²) in [5, 5.41) is 6.26. The minimum Gasteiger partial charge on any atom is -0.496 e. The molecule has 0 aliphatic carbocycles. The molecule has 0 unspecified atom stereocenters. The number of amides is 1. The quantitative estimate of drug-likeness (QED) is 0.464. The lowest BCUT2D eigenvalue weighted by Crippen LogP contribution is -2.48. The summed E-state index contributed by atoms with van der Waals surface area (Å²) in [4.78, 5) is 22.4. The normalized spacial score (nSPS) is 14.7. The number of carbonyl (C=O) groups is 1. The molecule has 170 valence electrons. The third-order valence-corrected chi connectivity index (χ3v) is 7.28. The highest BCUT2D eigenvalue weighted by molar-refractivity contribution is 7.22. The van der Waals surface area contributed by atoms with E-state index in [9.17, 15) is 4.79 Å². The van der Waals surface area contributed by atoms with Crippen LogP contribution >= 0.6 is 11.3 Å². The van der Waals surface area contributed by atoms with E-state index in [4.69, 9.17) is 9.72 Å². The summed E-state index contributed by atoms with van der Waals surface area (Å²) in [5.41, 5.74) is 2.92. The number of hydrogen-bond acceptors (Lipinski definition) is 6. The molecule has 1 N–H and O–H groups in total. The number of nitrogens with one attached hydrogen (secondary N) is 1. The van der Waals surface area contributed by atoms with Crippen molar-refractivity contribution in [3.8, 4) is 5.75 Å². The number of ether oxygens (including phenoxy) is 1. The van der Waals surface area contributed by atoms with Crippen molar-refractivity contribution in [1.82, 2.24) is 15.2 Å². The maximum Gasteiger partial charge on any atom is 0.255 e. The molecular weight excluding hydrogens is 432 g/mol. The van der Waals surface area contributed by atoms with Crippen LogP contribution in [-0.2, 0) is 0 Å². The first-order chi connectivity index (χ1) is 16.1. The SMILES string of the molecule is COc1cc2ccccc2cc1C(=O)NCCN1CCN(c2nc3ccc(C)cc3s2)CC1. The number of hydrogen-bond donors (Lipinski definition) is 1. The van der Waals surface area contributed by atoms with Crippen LogP contribution in [0.2, 0.25) is 0 Å². The predicted molar refractivity (Wildman–Crippen MR) is 136 cm³/mol. The highest BCUT2D eigenvalue weighted by Crippen LogP contribution is 2.30. The number of methoxy groups -OCH3 is 1. The number of nitrogens with zero attached hydrogens (tertiary/aromatic N) is 3. The second-order valence-corrected chi connectivity index (χ2v) is 9.46. The summed E-state index contributed by atoms with van der Waals surface area (Å²) in [5.74, 6) is 0.506. The lowest BCUT2D eigenvalue weighted by molar-refractivity contribution is 0.0945. The highest BCUT2D eigenvalue weighted by atomic mass is 32.1. The van der Waals surface area contributed by atoms with Gasteiger partial charge in [-0.2, -0.15) is 0 Å². The van der Waals surface area contributed by atoms with Crippen molar-refractivity contribution >= 4 is 43.4 Å². The molecule has 0 atom stereocenters.